The van der Waals surface area contributed by atoms with Crippen LogP contribution in [0, 0.1) is 0 Å². The fourth-order valence-corrected chi connectivity index (χ4v) is 1.73. The normalized spacial score (nSPS) is 11.3. The maximum Gasteiger partial charge on any atom is 0.144 e. The van der Waals surface area contributed by atoms with E-state index in [-0.39, 0.29) is 5.60 Å². The number of ether oxygens (including phenoxy) is 2. The fraction of sp³-hybridized carbons (Fsp3) is 0.571. The second kappa shape index (κ2) is 6.50. The van der Waals surface area contributed by atoms with Crippen molar-refractivity contribution in [1.82, 2.24) is 0 Å². The topological polar surface area (TPSA) is 56.5 Å². The van der Waals surface area contributed by atoms with Crippen molar-refractivity contribution in [1.29, 1.82) is 0 Å². The van der Waals surface area contributed by atoms with Crippen molar-refractivity contribution in [2.75, 3.05) is 30.8 Å². The summed E-state index contributed by atoms with van der Waals surface area (Å²) in [6.07, 6.45) is 0. The number of hydrogen-bond donors (Lipinski definition) is 2. The van der Waals surface area contributed by atoms with E-state index in [0.717, 1.165) is 11.4 Å². The van der Waals surface area contributed by atoms with E-state index in [4.69, 9.17) is 15.2 Å². The van der Waals surface area contributed by atoms with Crippen LogP contribution < -0.4 is 15.8 Å². The molecule has 0 aliphatic heterocycles. The van der Waals surface area contributed by atoms with Gasteiger partial charge >= 0.3 is 0 Å². The van der Waals surface area contributed by atoms with Crippen LogP contribution in [-0.2, 0) is 4.74 Å². The molecule has 1 rings (SSSR count). The molecule has 0 unspecified atom stereocenters. The molecular formula is C14H24N2O2. The number of nitrogen functional groups attached to an aromatic ring is 1. The molecule has 0 bridgehead atoms. The standard InChI is InChI=1S/C14H24N2O2/c1-5-17-12-9-7-8-11(13(12)15)16-10-14(3,4)18-6-2/h7-9,16H,5-6,10,15H2,1-4H3. The molecule has 0 heterocycles. The molecule has 1 aromatic carbocycles. The summed E-state index contributed by atoms with van der Waals surface area (Å²) in [4.78, 5) is 0. The van der Waals surface area contributed by atoms with Gasteiger partial charge in [-0.05, 0) is 39.8 Å². The van der Waals surface area contributed by atoms with Crippen LogP contribution >= 0.6 is 0 Å². The first-order valence-electron chi connectivity index (χ1n) is 6.39. The highest BCUT2D eigenvalue weighted by atomic mass is 16.5. The van der Waals surface area contributed by atoms with Gasteiger partial charge < -0.3 is 20.5 Å². The van der Waals surface area contributed by atoms with Gasteiger partial charge in [-0.25, -0.2) is 0 Å². The third-order valence-electron chi connectivity index (χ3n) is 2.61. The van der Waals surface area contributed by atoms with Crippen LogP contribution in [0.5, 0.6) is 5.75 Å². The van der Waals surface area contributed by atoms with Crippen LogP contribution in [-0.4, -0.2) is 25.4 Å². The van der Waals surface area contributed by atoms with Gasteiger partial charge in [-0.1, -0.05) is 6.07 Å². The van der Waals surface area contributed by atoms with Crippen LogP contribution in [0.3, 0.4) is 0 Å². The lowest BCUT2D eigenvalue weighted by Crippen LogP contribution is -2.33. The Bertz CT molecular complexity index is 378. The van der Waals surface area contributed by atoms with Crippen molar-refractivity contribution >= 4 is 11.4 Å². The van der Waals surface area contributed by atoms with Crippen molar-refractivity contribution in [3.05, 3.63) is 18.2 Å². The first-order chi connectivity index (χ1) is 8.50. The summed E-state index contributed by atoms with van der Waals surface area (Å²) in [6, 6.07) is 5.74. The third-order valence-corrected chi connectivity index (χ3v) is 2.61. The molecule has 0 saturated heterocycles. The van der Waals surface area contributed by atoms with Crippen LogP contribution in [0.4, 0.5) is 11.4 Å². The number of rotatable bonds is 7. The third kappa shape index (κ3) is 4.11. The summed E-state index contributed by atoms with van der Waals surface area (Å²) < 4.78 is 11.1. The predicted molar refractivity (Wildman–Crippen MR) is 76.2 cm³/mol. The summed E-state index contributed by atoms with van der Waals surface area (Å²) in [5.41, 5.74) is 7.35. The van der Waals surface area contributed by atoms with Gasteiger partial charge in [-0.15, -0.1) is 0 Å². The second-order valence-electron chi connectivity index (χ2n) is 4.70. The van der Waals surface area contributed by atoms with Crippen molar-refractivity contribution in [2.45, 2.75) is 33.3 Å². The number of hydrogen-bond acceptors (Lipinski definition) is 4. The molecule has 0 spiro atoms. The van der Waals surface area contributed by atoms with Gasteiger partial charge in [-0.2, -0.15) is 0 Å². The summed E-state index contributed by atoms with van der Waals surface area (Å²) in [7, 11) is 0. The van der Waals surface area contributed by atoms with E-state index in [2.05, 4.69) is 5.32 Å². The van der Waals surface area contributed by atoms with Crippen LogP contribution in [0.15, 0.2) is 18.2 Å². The van der Waals surface area contributed by atoms with Crippen LogP contribution in [0.25, 0.3) is 0 Å². The largest absolute Gasteiger partial charge is 0.492 e. The molecule has 4 nitrogen and oxygen atoms in total. The first-order valence-corrected chi connectivity index (χ1v) is 6.39. The smallest absolute Gasteiger partial charge is 0.144 e. The van der Waals surface area contributed by atoms with Gasteiger partial charge in [0.25, 0.3) is 0 Å². The maximum absolute atomic E-state index is 6.04. The molecule has 0 fully saturated rings. The van der Waals surface area contributed by atoms with Crippen LogP contribution in [0.2, 0.25) is 0 Å². The lowest BCUT2D eigenvalue weighted by molar-refractivity contribution is 0.000706. The Morgan fingerprint density at radius 1 is 1.22 bits per heavy atom. The highest BCUT2D eigenvalue weighted by Gasteiger charge is 2.17. The van der Waals surface area contributed by atoms with E-state index >= 15 is 0 Å². The zero-order valence-corrected chi connectivity index (χ0v) is 11.7. The fourth-order valence-electron chi connectivity index (χ4n) is 1.73. The molecule has 0 aliphatic carbocycles. The maximum atomic E-state index is 6.04. The average molecular weight is 252 g/mol. The molecule has 1 aromatic rings. The minimum absolute atomic E-state index is 0.219. The van der Waals surface area contributed by atoms with Crippen molar-refractivity contribution < 1.29 is 9.47 Å². The lowest BCUT2D eigenvalue weighted by atomic mass is 10.1. The molecule has 0 atom stereocenters. The number of benzene rings is 1. The van der Waals surface area contributed by atoms with Crippen molar-refractivity contribution in [2.24, 2.45) is 0 Å². The Labute approximate surface area is 109 Å². The van der Waals surface area contributed by atoms with Crippen molar-refractivity contribution in [3.63, 3.8) is 0 Å². The van der Waals surface area contributed by atoms with Gasteiger partial charge in [0.2, 0.25) is 0 Å². The molecule has 102 valence electrons. The Morgan fingerprint density at radius 3 is 2.56 bits per heavy atom. The number of nitrogens with one attached hydrogen (secondary N) is 1. The van der Waals surface area contributed by atoms with Crippen molar-refractivity contribution in [3.8, 4) is 5.75 Å². The molecule has 0 aliphatic rings. The molecule has 4 heteroatoms. The Hall–Kier alpha value is -1.42. The van der Waals surface area contributed by atoms with Gasteiger partial charge in [0, 0.05) is 13.2 Å². The summed E-state index contributed by atoms with van der Waals surface area (Å²) >= 11 is 0. The Balaban J connectivity index is 2.70. The molecule has 0 radical (unpaired) electrons. The summed E-state index contributed by atoms with van der Waals surface area (Å²) in [6.45, 7) is 10.0. The number of anilines is 2. The second-order valence-corrected chi connectivity index (χ2v) is 4.70. The monoisotopic (exact) mass is 252 g/mol. The van der Waals surface area contributed by atoms with Gasteiger partial charge in [0.15, 0.2) is 0 Å². The minimum atomic E-state index is -0.219. The molecule has 0 saturated carbocycles. The molecule has 18 heavy (non-hydrogen) atoms. The molecule has 0 aromatic heterocycles. The van der Waals surface area contributed by atoms with Gasteiger partial charge in [-0.3, -0.25) is 0 Å². The SMILES string of the molecule is CCOc1cccc(NCC(C)(C)OCC)c1N. The summed E-state index contributed by atoms with van der Waals surface area (Å²) in [5, 5.41) is 3.31. The van der Waals surface area contributed by atoms with Crippen LogP contribution in [0.1, 0.15) is 27.7 Å². The van der Waals surface area contributed by atoms with Gasteiger partial charge in [0.1, 0.15) is 5.75 Å². The van der Waals surface area contributed by atoms with E-state index in [1.54, 1.807) is 0 Å². The van der Waals surface area contributed by atoms with E-state index < -0.39 is 0 Å². The summed E-state index contributed by atoms with van der Waals surface area (Å²) in [5.74, 6) is 0.719. The van der Waals surface area contributed by atoms with E-state index in [1.807, 2.05) is 45.9 Å². The first kappa shape index (κ1) is 14.6. The Kier molecular flexibility index (Phi) is 5.28. The lowest BCUT2D eigenvalue weighted by Gasteiger charge is -2.26. The predicted octanol–water partition coefficient (Wildman–Crippen LogP) is 2.89. The highest BCUT2D eigenvalue weighted by Crippen LogP contribution is 2.29. The van der Waals surface area contributed by atoms with E-state index in [1.165, 1.54) is 0 Å². The van der Waals surface area contributed by atoms with E-state index in [0.29, 0.717) is 25.4 Å². The average Bonchev–Trinajstić information content (AvgIpc) is 2.30. The van der Waals surface area contributed by atoms with Gasteiger partial charge in [0.05, 0.1) is 23.6 Å². The molecule has 3 N–H and O–H groups in total. The zero-order chi connectivity index (χ0) is 13.6. The minimum Gasteiger partial charge on any atom is -0.492 e. The molecule has 0 amide bonds. The highest BCUT2D eigenvalue weighted by molar-refractivity contribution is 5.72. The molecular weight excluding hydrogens is 228 g/mol. The number of nitrogens with two attached hydrogens (primary N) is 1. The zero-order valence-electron chi connectivity index (χ0n) is 11.7. The quantitative estimate of drug-likeness (QED) is 0.733. The number of para-hydroxylation sites is 1. The Morgan fingerprint density at radius 2 is 1.94 bits per heavy atom. The van der Waals surface area contributed by atoms with E-state index in [9.17, 15) is 0 Å².